The van der Waals surface area contributed by atoms with E-state index in [-0.39, 0.29) is 5.91 Å². The van der Waals surface area contributed by atoms with E-state index in [9.17, 15) is 4.79 Å². The molecule has 15 heavy (non-hydrogen) atoms. The zero-order chi connectivity index (χ0) is 11.3. The molecule has 1 heterocycles. The minimum absolute atomic E-state index is 0.229. The fourth-order valence-corrected chi connectivity index (χ4v) is 1.77. The zero-order valence-electron chi connectivity index (χ0n) is 9.78. The van der Waals surface area contributed by atoms with Crippen LogP contribution in [0.1, 0.15) is 0 Å². The minimum atomic E-state index is 0.229. The van der Waals surface area contributed by atoms with Gasteiger partial charge < -0.3 is 15.5 Å². The Morgan fingerprint density at radius 1 is 1.27 bits per heavy atom. The lowest BCUT2D eigenvalue weighted by Gasteiger charge is -2.35. The summed E-state index contributed by atoms with van der Waals surface area (Å²) < 4.78 is 0. The summed E-state index contributed by atoms with van der Waals surface area (Å²) >= 11 is 0. The maximum Gasteiger partial charge on any atom is 0.236 e. The average Bonchev–Trinajstić information content (AvgIpc) is 2.18. The molecule has 5 heteroatoms. The first-order chi connectivity index (χ1) is 7.13. The number of piperazine rings is 1. The monoisotopic (exact) mass is 214 g/mol. The predicted molar refractivity (Wildman–Crippen MR) is 60.6 cm³/mol. The highest BCUT2D eigenvalue weighted by molar-refractivity contribution is 5.78. The third-order valence-electron chi connectivity index (χ3n) is 2.62. The minimum Gasteiger partial charge on any atom is -0.339 e. The van der Waals surface area contributed by atoms with Crippen molar-refractivity contribution in [2.24, 2.45) is 5.73 Å². The van der Waals surface area contributed by atoms with E-state index in [1.165, 1.54) is 0 Å². The Balaban J connectivity index is 2.27. The molecule has 0 aliphatic carbocycles. The summed E-state index contributed by atoms with van der Waals surface area (Å²) in [5.74, 6) is 0.229. The van der Waals surface area contributed by atoms with E-state index >= 15 is 0 Å². The summed E-state index contributed by atoms with van der Waals surface area (Å²) in [6.07, 6.45) is 0. The molecule has 88 valence electrons. The van der Waals surface area contributed by atoms with E-state index < -0.39 is 0 Å². The summed E-state index contributed by atoms with van der Waals surface area (Å²) in [5.41, 5.74) is 5.49. The molecule has 5 nitrogen and oxygen atoms in total. The number of hydrogen-bond acceptors (Lipinski definition) is 4. The van der Waals surface area contributed by atoms with Gasteiger partial charge in [0.05, 0.1) is 6.54 Å². The molecule has 1 fully saturated rings. The number of nitrogens with two attached hydrogens (primary N) is 1. The van der Waals surface area contributed by atoms with Gasteiger partial charge in [-0.25, -0.2) is 0 Å². The molecular weight excluding hydrogens is 192 g/mol. The number of carbonyl (C=O) groups excluding carboxylic acids is 1. The SMILES string of the molecule is CN(C)CC(=O)N1CCN(CCN)CC1. The zero-order valence-corrected chi connectivity index (χ0v) is 9.78. The molecule has 0 saturated carbocycles. The first-order valence-corrected chi connectivity index (χ1v) is 5.48. The van der Waals surface area contributed by atoms with Crippen molar-refractivity contribution in [2.45, 2.75) is 0 Å². The lowest BCUT2D eigenvalue weighted by atomic mass is 10.3. The van der Waals surface area contributed by atoms with E-state index in [1.807, 2.05) is 23.9 Å². The highest BCUT2D eigenvalue weighted by Crippen LogP contribution is 2.01. The van der Waals surface area contributed by atoms with Crippen LogP contribution in [-0.2, 0) is 4.79 Å². The van der Waals surface area contributed by atoms with Crippen LogP contribution in [0.5, 0.6) is 0 Å². The summed E-state index contributed by atoms with van der Waals surface area (Å²) in [6.45, 7) is 5.74. The van der Waals surface area contributed by atoms with Crippen LogP contribution in [0.2, 0.25) is 0 Å². The Labute approximate surface area is 91.8 Å². The lowest BCUT2D eigenvalue weighted by Crippen LogP contribution is -2.51. The lowest BCUT2D eigenvalue weighted by molar-refractivity contribution is -0.133. The third kappa shape index (κ3) is 4.15. The molecular formula is C10H22N4O. The number of likely N-dealkylation sites (N-methyl/N-ethyl adjacent to an activating group) is 1. The van der Waals surface area contributed by atoms with Crippen LogP contribution in [-0.4, -0.2) is 80.5 Å². The second kappa shape index (κ2) is 6.05. The van der Waals surface area contributed by atoms with Crippen molar-refractivity contribution in [3.05, 3.63) is 0 Å². The molecule has 1 aliphatic rings. The van der Waals surface area contributed by atoms with Gasteiger partial charge >= 0.3 is 0 Å². The van der Waals surface area contributed by atoms with Gasteiger partial charge in [0, 0.05) is 39.3 Å². The van der Waals surface area contributed by atoms with E-state index in [4.69, 9.17) is 5.73 Å². The van der Waals surface area contributed by atoms with Crippen LogP contribution in [0.15, 0.2) is 0 Å². The van der Waals surface area contributed by atoms with E-state index in [0.29, 0.717) is 13.1 Å². The molecule has 1 saturated heterocycles. The van der Waals surface area contributed by atoms with Crippen LogP contribution < -0.4 is 5.73 Å². The highest BCUT2D eigenvalue weighted by atomic mass is 16.2. The van der Waals surface area contributed by atoms with Crippen LogP contribution in [0, 0.1) is 0 Å². The molecule has 2 N–H and O–H groups in total. The summed E-state index contributed by atoms with van der Waals surface area (Å²) in [4.78, 5) is 17.9. The first kappa shape index (κ1) is 12.4. The van der Waals surface area contributed by atoms with E-state index in [1.54, 1.807) is 0 Å². The van der Waals surface area contributed by atoms with Crippen molar-refractivity contribution in [2.75, 3.05) is 59.9 Å². The topological polar surface area (TPSA) is 52.8 Å². The normalized spacial score (nSPS) is 18.5. The highest BCUT2D eigenvalue weighted by Gasteiger charge is 2.20. The van der Waals surface area contributed by atoms with Crippen molar-refractivity contribution in [3.63, 3.8) is 0 Å². The van der Waals surface area contributed by atoms with Crippen molar-refractivity contribution < 1.29 is 4.79 Å². The quantitative estimate of drug-likeness (QED) is 0.629. The maximum atomic E-state index is 11.7. The standard InChI is InChI=1S/C10H22N4O/c1-12(2)9-10(15)14-7-5-13(4-3-11)6-8-14/h3-9,11H2,1-2H3. The number of nitrogens with zero attached hydrogens (tertiary/aromatic N) is 3. The summed E-state index contributed by atoms with van der Waals surface area (Å²) in [6, 6.07) is 0. The Morgan fingerprint density at radius 2 is 1.87 bits per heavy atom. The van der Waals surface area contributed by atoms with Crippen molar-refractivity contribution >= 4 is 5.91 Å². The second-order valence-corrected chi connectivity index (χ2v) is 4.25. The molecule has 0 radical (unpaired) electrons. The van der Waals surface area contributed by atoms with Crippen molar-refractivity contribution in [1.29, 1.82) is 0 Å². The predicted octanol–water partition coefficient (Wildman–Crippen LogP) is -1.35. The molecule has 0 unspecified atom stereocenters. The molecule has 0 spiro atoms. The molecule has 1 rings (SSSR count). The van der Waals surface area contributed by atoms with Gasteiger partial charge in [0.15, 0.2) is 0 Å². The summed E-state index contributed by atoms with van der Waals surface area (Å²) in [7, 11) is 3.84. The number of carbonyl (C=O) groups is 1. The van der Waals surface area contributed by atoms with Crippen LogP contribution in [0.25, 0.3) is 0 Å². The molecule has 0 aromatic heterocycles. The third-order valence-corrected chi connectivity index (χ3v) is 2.62. The van der Waals surface area contributed by atoms with E-state index in [0.717, 1.165) is 32.7 Å². The van der Waals surface area contributed by atoms with Gasteiger partial charge in [-0.05, 0) is 14.1 Å². The maximum absolute atomic E-state index is 11.7. The largest absolute Gasteiger partial charge is 0.339 e. The number of amides is 1. The van der Waals surface area contributed by atoms with Gasteiger partial charge in [0.2, 0.25) is 5.91 Å². The van der Waals surface area contributed by atoms with Crippen LogP contribution in [0.3, 0.4) is 0 Å². The molecule has 0 atom stereocenters. The fraction of sp³-hybridized carbons (Fsp3) is 0.900. The molecule has 1 aliphatic heterocycles. The van der Waals surface area contributed by atoms with Gasteiger partial charge in [-0.2, -0.15) is 0 Å². The van der Waals surface area contributed by atoms with Crippen molar-refractivity contribution in [1.82, 2.24) is 14.7 Å². The van der Waals surface area contributed by atoms with Crippen LogP contribution in [0.4, 0.5) is 0 Å². The Bertz CT molecular complexity index is 200. The first-order valence-electron chi connectivity index (χ1n) is 5.48. The Hall–Kier alpha value is -0.650. The molecule has 1 amide bonds. The average molecular weight is 214 g/mol. The molecule has 0 bridgehead atoms. The number of hydrogen-bond donors (Lipinski definition) is 1. The summed E-state index contributed by atoms with van der Waals surface area (Å²) in [5, 5.41) is 0. The van der Waals surface area contributed by atoms with Gasteiger partial charge in [0.1, 0.15) is 0 Å². The Morgan fingerprint density at radius 3 is 2.33 bits per heavy atom. The smallest absolute Gasteiger partial charge is 0.236 e. The van der Waals surface area contributed by atoms with Crippen molar-refractivity contribution in [3.8, 4) is 0 Å². The van der Waals surface area contributed by atoms with Crippen LogP contribution >= 0.6 is 0 Å². The van der Waals surface area contributed by atoms with Gasteiger partial charge in [-0.3, -0.25) is 9.69 Å². The fourth-order valence-electron chi connectivity index (χ4n) is 1.77. The van der Waals surface area contributed by atoms with Gasteiger partial charge in [0.25, 0.3) is 0 Å². The number of rotatable bonds is 4. The Kier molecular flexibility index (Phi) is 5.01. The molecule has 0 aromatic rings. The second-order valence-electron chi connectivity index (χ2n) is 4.25. The molecule has 0 aromatic carbocycles. The van der Waals surface area contributed by atoms with Gasteiger partial charge in [-0.15, -0.1) is 0 Å². The van der Waals surface area contributed by atoms with Gasteiger partial charge in [-0.1, -0.05) is 0 Å². The van der Waals surface area contributed by atoms with E-state index in [2.05, 4.69) is 4.90 Å².